The summed E-state index contributed by atoms with van der Waals surface area (Å²) in [4.78, 5) is 23.3. The Balaban J connectivity index is 2.52. The molecule has 0 aliphatic carbocycles. The van der Waals surface area contributed by atoms with Crippen LogP contribution < -0.4 is 10.6 Å². The molecule has 0 atom stereocenters. The average Bonchev–Trinajstić information content (AvgIpc) is 2.39. The SMILES string of the molecule is CCOP(=O)(CC(=O)NC(=O)Nc1ccccc1)OCC. The zero-order valence-electron chi connectivity index (χ0n) is 12.0. The lowest BCUT2D eigenvalue weighted by Crippen LogP contribution is -2.36. The van der Waals surface area contributed by atoms with Crippen LogP contribution in [0.3, 0.4) is 0 Å². The highest BCUT2D eigenvalue weighted by Gasteiger charge is 2.28. The van der Waals surface area contributed by atoms with Crippen LogP contribution in [0, 0.1) is 0 Å². The maximum absolute atomic E-state index is 12.1. The van der Waals surface area contributed by atoms with Gasteiger partial charge in [-0.1, -0.05) is 18.2 Å². The first kappa shape index (κ1) is 17.4. The van der Waals surface area contributed by atoms with Crippen LogP contribution in [0.2, 0.25) is 0 Å². The molecule has 0 saturated carbocycles. The second-order valence-corrected chi connectivity index (χ2v) is 6.03. The number of benzene rings is 1. The molecule has 1 rings (SSSR count). The number of imide groups is 1. The highest BCUT2D eigenvalue weighted by Crippen LogP contribution is 2.47. The summed E-state index contributed by atoms with van der Waals surface area (Å²) in [5.41, 5.74) is 0.542. The second kappa shape index (κ2) is 8.56. The zero-order valence-corrected chi connectivity index (χ0v) is 12.9. The normalized spacial score (nSPS) is 11.0. The molecule has 7 nitrogen and oxygen atoms in total. The van der Waals surface area contributed by atoms with Crippen molar-refractivity contribution < 1.29 is 23.2 Å². The highest BCUT2D eigenvalue weighted by atomic mass is 31.2. The fourth-order valence-corrected chi connectivity index (χ4v) is 3.02. The van der Waals surface area contributed by atoms with E-state index in [9.17, 15) is 14.2 Å². The first-order valence-electron chi connectivity index (χ1n) is 6.53. The largest absolute Gasteiger partial charge is 0.340 e. The molecule has 8 heteroatoms. The Morgan fingerprint density at radius 2 is 1.67 bits per heavy atom. The van der Waals surface area contributed by atoms with Gasteiger partial charge in [-0.15, -0.1) is 0 Å². The lowest BCUT2D eigenvalue weighted by Gasteiger charge is -2.16. The molecule has 0 unspecified atom stereocenters. The Labute approximate surface area is 123 Å². The van der Waals surface area contributed by atoms with Gasteiger partial charge in [-0.3, -0.25) is 14.7 Å². The van der Waals surface area contributed by atoms with Gasteiger partial charge in [0.15, 0.2) is 0 Å². The van der Waals surface area contributed by atoms with E-state index in [0.29, 0.717) is 5.69 Å². The Hall–Kier alpha value is -1.69. The van der Waals surface area contributed by atoms with Crippen molar-refractivity contribution in [1.29, 1.82) is 0 Å². The number of para-hydroxylation sites is 1. The summed E-state index contributed by atoms with van der Waals surface area (Å²) in [7, 11) is -3.51. The van der Waals surface area contributed by atoms with Crippen molar-refractivity contribution in [2.75, 3.05) is 24.7 Å². The predicted molar refractivity (Wildman–Crippen MR) is 79.3 cm³/mol. The molecule has 2 N–H and O–H groups in total. The van der Waals surface area contributed by atoms with Crippen LogP contribution in [0.25, 0.3) is 0 Å². The lowest BCUT2D eigenvalue weighted by atomic mass is 10.3. The molecule has 1 aromatic rings. The van der Waals surface area contributed by atoms with Gasteiger partial charge in [-0.2, -0.15) is 0 Å². The summed E-state index contributed by atoms with van der Waals surface area (Å²) >= 11 is 0. The van der Waals surface area contributed by atoms with Gasteiger partial charge in [0.05, 0.1) is 13.2 Å². The van der Waals surface area contributed by atoms with Crippen molar-refractivity contribution in [3.8, 4) is 0 Å². The fourth-order valence-electron chi connectivity index (χ4n) is 1.55. The van der Waals surface area contributed by atoms with Crippen LogP contribution in [-0.2, 0) is 18.4 Å². The number of anilines is 1. The summed E-state index contributed by atoms with van der Waals surface area (Å²) in [6.07, 6.45) is -0.503. The van der Waals surface area contributed by atoms with Gasteiger partial charge in [-0.05, 0) is 26.0 Å². The van der Waals surface area contributed by atoms with Gasteiger partial charge < -0.3 is 14.4 Å². The molecule has 0 radical (unpaired) electrons. The van der Waals surface area contributed by atoms with Gasteiger partial charge in [0.1, 0.15) is 6.16 Å². The molecule has 1 aromatic carbocycles. The Morgan fingerprint density at radius 1 is 1.10 bits per heavy atom. The molecule has 0 aliphatic rings. The number of nitrogens with one attached hydrogen (secondary N) is 2. The maximum atomic E-state index is 12.1. The zero-order chi connectivity index (χ0) is 15.7. The second-order valence-electron chi connectivity index (χ2n) is 3.97. The molecule has 21 heavy (non-hydrogen) atoms. The van der Waals surface area contributed by atoms with Crippen molar-refractivity contribution in [3.05, 3.63) is 30.3 Å². The summed E-state index contributed by atoms with van der Waals surface area (Å²) in [5.74, 6) is -0.728. The molecule has 0 saturated heterocycles. The number of carbonyl (C=O) groups excluding carboxylic acids is 2. The molecule has 116 valence electrons. The first-order chi connectivity index (χ1) is 9.99. The van der Waals surface area contributed by atoms with E-state index in [0.717, 1.165) is 0 Å². The average molecular weight is 314 g/mol. The van der Waals surface area contributed by atoms with E-state index in [1.807, 2.05) is 0 Å². The van der Waals surface area contributed by atoms with Crippen LogP contribution in [-0.4, -0.2) is 31.3 Å². The third-order valence-corrected chi connectivity index (χ3v) is 4.25. The first-order valence-corrected chi connectivity index (χ1v) is 8.26. The maximum Gasteiger partial charge on any atom is 0.340 e. The van der Waals surface area contributed by atoms with Crippen LogP contribution in [0.4, 0.5) is 10.5 Å². The van der Waals surface area contributed by atoms with Crippen LogP contribution in [0.1, 0.15) is 13.8 Å². The van der Waals surface area contributed by atoms with Crippen molar-refractivity contribution in [3.63, 3.8) is 0 Å². The molecule has 0 aliphatic heterocycles. The fraction of sp³-hybridized carbons (Fsp3) is 0.385. The molecule has 0 heterocycles. The Kier molecular flexibility index (Phi) is 7.08. The van der Waals surface area contributed by atoms with Gasteiger partial charge in [0.25, 0.3) is 0 Å². The Bertz CT molecular complexity index is 511. The summed E-state index contributed by atoms with van der Waals surface area (Å²) in [6, 6.07) is 7.94. The van der Waals surface area contributed by atoms with Gasteiger partial charge in [0.2, 0.25) is 5.91 Å². The molecular formula is C13H19N2O5P. The van der Waals surface area contributed by atoms with Crippen LogP contribution >= 0.6 is 7.60 Å². The molecule has 3 amide bonds. The third kappa shape index (κ3) is 6.53. The summed E-state index contributed by atoms with van der Waals surface area (Å²) < 4.78 is 22.1. The monoisotopic (exact) mass is 314 g/mol. The van der Waals surface area contributed by atoms with E-state index in [-0.39, 0.29) is 13.2 Å². The topological polar surface area (TPSA) is 93.7 Å². The predicted octanol–water partition coefficient (Wildman–Crippen LogP) is 2.60. The summed E-state index contributed by atoms with van der Waals surface area (Å²) in [5, 5.41) is 4.56. The minimum atomic E-state index is -3.51. The minimum Gasteiger partial charge on any atom is -0.309 e. The molecular weight excluding hydrogens is 295 g/mol. The quantitative estimate of drug-likeness (QED) is 0.754. The molecule has 0 fully saturated rings. The third-order valence-electron chi connectivity index (χ3n) is 2.27. The van der Waals surface area contributed by atoms with Crippen LogP contribution in [0.15, 0.2) is 30.3 Å². The van der Waals surface area contributed by atoms with E-state index in [4.69, 9.17) is 9.05 Å². The van der Waals surface area contributed by atoms with Crippen molar-refractivity contribution >= 4 is 25.2 Å². The van der Waals surface area contributed by atoms with E-state index in [2.05, 4.69) is 10.6 Å². The highest BCUT2D eigenvalue weighted by molar-refractivity contribution is 7.54. The number of rotatable bonds is 7. The standard InChI is InChI=1S/C13H19N2O5P/c1-3-19-21(18,20-4-2)10-12(16)15-13(17)14-11-8-6-5-7-9-11/h5-9H,3-4,10H2,1-2H3,(H2,14,15,16,17). The van der Waals surface area contributed by atoms with Gasteiger partial charge in [-0.25, -0.2) is 4.79 Å². The van der Waals surface area contributed by atoms with E-state index >= 15 is 0 Å². The number of hydrogen-bond donors (Lipinski definition) is 2. The Morgan fingerprint density at radius 3 is 2.19 bits per heavy atom. The molecule has 0 bridgehead atoms. The number of hydrogen-bond acceptors (Lipinski definition) is 5. The van der Waals surface area contributed by atoms with Crippen molar-refractivity contribution in [1.82, 2.24) is 5.32 Å². The van der Waals surface area contributed by atoms with Crippen molar-refractivity contribution in [2.24, 2.45) is 0 Å². The van der Waals surface area contributed by atoms with E-state index in [1.54, 1.807) is 44.2 Å². The minimum absolute atomic E-state index is 0.154. The molecule has 0 spiro atoms. The van der Waals surface area contributed by atoms with E-state index < -0.39 is 25.7 Å². The van der Waals surface area contributed by atoms with Gasteiger partial charge >= 0.3 is 13.6 Å². The van der Waals surface area contributed by atoms with Crippen LogP contribution in [0.5, 0.6) is 0 Å². The smallest absolute Gasteiger partial charge is 0.309 e. The number of carbonyl (C=O) groups is 2. The number of urea groups is 1. The van der Waals surface area contributed by atoms with E-state index in [1.165, 1.54) is 0 Å². The lowest BCUT2D eigenvalue weighted by molar-refractivity contribution is -0.117. The molecule has 0 aromatic heterocycles. The van der Waals surface area contributed by atoms with Crippen molar-refractivity contribution in [2.45, 2.75) is 13.8 Å². The van der Waals surface area contributed by atoms with Gasteiger partial charge in [0, 0.05) is 5.69 Å². The number of amides is 3. The summed E-state index contributed by atoms with van der Waals surface area (Å²) in [6.45, 7) is 3.60.